The van der Waals surface area contributed by atoms with Crippen molar-refractivity contribution in [3.05, 3.63) is 52.4 Å². The molecule has 20 heavy (non-hydrogen) atoms. The Morgan fingerprint density at radius 2 is 2.20 bits per heavy atom. The van der Waals surface area contributed by atoms with E-state index in [1.807, 2.05) is 0 Å². The smallest absolute Gasteiger partial charge is 0.273 e. The van der Waals surface area contributed by atoms with E-state index in [-0.39, 0.29) is 12.2 Å². The SMILES string of the molecule is Cc1cc(C(=O)NC[C@](C)(O)c2ccccc2Cl)no1. The number of hydrogen-bond donors (Lipinski definition) is 2. The highest BCUT2D eigenvalue weighted by atomic mass is 35.5. The summed E-state index contributed by atoms with van der Waals surface area (Å²) in [6.45, 7) is 3.30. The second kappa shape index (κ2) is 5.64. The van der Waals surface area contributed by atoms with Gasteiger partial charge in [0.15, 0.2) is 5.69 Å². The lowest BCUT2D eigenvalue weighted by atomic mass is 9.96. The molecular formula is C14H15ClN2O3. The molecule has 2 rings (SSSR count). The van der Waals surface area contributed by atoms with Crippen LogP contribution in [0.4, 0.5) is 0 Å². The minimum absolute atomic E-state index is 0.0154. The molecule has 0 aliphatic rings. The number of halogens is 1. The van der Waals surface area contributed by atoms with Gasteiger partial charge in [0.25, 0.3) is 5.91 Å². The largest absolute Gasteiger partial charge is 0.384 e. The molecule has 0 bridgehead atoms. The maximum Gasteiger partial charge on any atom is 0.273 e. The van der Waals surface area contributed by atoms with Gasteiger partial charge in [0.1, 0.15) is 11.4 Å². The van der Waals surface area contributed by atoms with Crippen molar-refractivity contribution in [1.82, 2.24) is 10.5 Å². The molecule has 0 unspecified atom stereocenters. The van der Waals surface area contributed by atoms with Crippen molar-refractivity contribution >= 4 is 17.5 Å². The van der Waals surface area contributed by atoms with E-state index in [0.717, 1.165) is 0 Å². The van der Waals surface area contributed by atoms with Gasteiger partial charge in [0, 0.05) is 16.7 Å². The molecule has 1 atom stereocenters. The first-order chi connectivity index (χ1) is 9.40. The number of nitrogens with one attached hydrogen (secondary N) is 1. The fourth-order valence-electron chi connectivity index (χ4n) is 1.81. The normalized spacial score (nSPS) is 13.8. The summed E-state index contributed by atoms with van der Waals surface area (Å²) in [5.74, 6) is 0.141. The fraction of sp³-hybridized carbons (Fsp3) is 0.286. The minimum Gasteiger partial charge on any atom is -0.384 e. The lowest BCUT2D eigenvalue weighted by molar-refractivity contribution is 0.0524. The zero-order valence-corrected chi connectivity index (χ0v) is 11.9. The third-order valence-electron chi connectivity index (χ3n) is 2.91. The number of carbonyl (C=O) groups is 1. The minimum atomic E-state index is -1.27. The van der Waals surface area contributed by atoms with E-state index in [1.165, 1.54) is 6.07 Å². The van der Waals surface area contributed by atoms with Crippen molar-refractivity contribution in [1.29, 1.82) is 0 Å². The van der Waals surface area contributed by atoms with Gasteiger partial charge in [-0.3, -0.25) is 4.79 Å². The Morgan fingerprint density at radius 1 is 1.50 bits per heavy atom. The number of aromatic nitrogens is 1. The predicted octanol–water partition coefficient (Wildman–Crippen LogP) is 2.27. The highest BCUT2D eigenvalue weighted by molar-refractivity contribution is 6.31. The van der Waals surface area contributed by atoms with Gasteiger partial charge in [-0.1, -0.05) is 35.0 Å². The molecule has 1 aromatic heterocycles. The first kappa shape index (κ1) is 14.6. The summed E-state index contributed by atoms with van der Waals surface area (Å²) in [7, 11) is 0. The Bertz CT molecular complexity index is 622. The molecule has 5 nitrogen and oxygen atoms in total. The Kier molecular flexibility index (Phi) is 4.11. The van der Waals surface area contributed by atoms with Crippen LogP contribution >= 0.6 is 11.6 Å². The molecule has 2 aromatic rings. The van der Waals surface area contributed by atoms with E-state index in [1.54, 1.807) is 38.1 Å². The first-order valence-corrected chi connectivity index (χ1v) is 6.47. The molecule has 0 spiro atoms. The van der Waals surface area contributed by atoms with Gasteiger partial charge in [0.2, 0.25) is 0 Å². The molecule has 0 aliphatic heterocycles. The van der Waals surface area contributed by atoms with Crippen molar-refractivity contribution in [2.75, 3.05) is 6.54 Å². The number of rotatable bonds is 4. The molecule has 0 fully saturated rings. The van der Waals surface area contributed by atoms with E-state index < -0.39 is 11.5 Å². The fourth-order valence-corrected chi connectivity index (χ4v) is 2.15. The van der Waals surface area contributed by atoms with Crippen LogP contribution in [0, 0.1) is 6.92 Å². The van der Waals surface area contributed by atoms with Gasteiger partial charge in [-0.2, -0.15) is 0 Å². The number of nitrogens with zero attached hydrogens (tertiary/aromatic N) is 1. The van der Waals surface area contributed by atoms with Crippen molar-refractivity contribution in [3.8, 4) is 0 Å². The summed E-state index contributed by atoms with van der Waals surface area (Å²) in [5.41, 5.74) is -0.539. The molecule has 106 valence electrons. The van der Waals surface area contributed by atoms with Crippen molar-refractivity contribution < 1.29 is 14.4 Å². The second-order valence-electron chi connectivity index (χ2n) is 4.76. The number of hydrogen-bond acceptors (Lipinski definition) is 4. The van der Waals surface area contributed by atoms with Crippen LogP contribution in [-0.2, 0) is 5.60 Å². The lowest BCUT2D eigenvalue weighted by Crippen LogP contribution is -2.38. The third kappa shape index (κ3) is 3.18. The van der Waals surface area contributed by atoms with Crippen LogP contribution in [0.25, 0.3) is 0 Å². The van der Waals surface area contributed by atoms with Gasteiger partial charge in [-0.25, -0.2) is 0 Å². The monoisotopic (exact) mass is 294 g/mol. The third-order valence-corrected chi connectivity index (χ3v) is 3.24. The summed E-state index contributed by atoms with van der Waals surface area (Å²) in [6, 6.07) is 8.49. The van der Waals surface area contributed by atoms with Crippen LogP contribution < -0.4 is 5.32 Å². The van der Waals surface area contributed by atoms with Crippen LogP contribution in [0.1, 0.15) is 28.7 Å². The highest BCUT2D eigenvalue weighted by Crippen LogP contribution is 2.27. The van der Waals surface area contributed by atoms with Gasteiger partial charge in [-0.05, 0) is 19.9 Å². The van der Waals surface area contributed by atoms with Crippen LogP contribution in [-0.4, -0.2) is 22.7 Å². The van der Waals surface area contributed by atoms with E-state index in [9.17, 15) is 9.90 Å². The van der Waals surface area contributed by atoms with Crippen LogP contribution in [0.15, 0.2) is 34.9 Å². The number of benzene rings is 1. The molecular weight excluding hydrogens is 280 g/mol. The Hall–Kier alpha value is -1.85. The summed E-state index contributed by atoms with van der Waals surface area (Å²) in [6.07, 6.45) is 0. The van der Waals surface area contributed by atoms with Crippen molar-refractivity contribution in [2.45, 2.75) is 19.4 Å². The molecule has 0 saturated carbocycles. The lowest BCUT2D eigenvalue weighted by Gasteiger charge is -2.25. The number of carbonyl (C=O) groups excluding carboxylic acids is 1. The van der Waals surface area contributed by atoms with Gasteiger partial charge in [-0.15, -0.1) is 0 Å². The summed E-state index contributed by atoms with van der Waals surface area (Å²) in [5, 5.41) is 17.1. The molecule has 6 heteroatoms. The van der Waals surface area contributed by atoms with Gasteiger partial charge >= 0.3 is 0 Å². The van der Waals surface area contributed by atoms with Crippen LogP contribution in [0.2, 0.25) is 5.02 Å². The van der Waals surface area contributed by atoms with Gasteiger partial charge in [0.05, 0.1) is 6.54 Å². The van der Waals surface area contributed by atoms with E-state index in [2.05, 4.69) is 10.5 Å². The average Bonchev–Trinajstić information content (AvgIpc) is 2.83. The number of amides is 1. The Morgan fingerprint density at radius 3 is 2.80 bits per heavy atom. The first-order valence-electron chi connectivity index (χ1n) is 6.09. The number of aryl methyl sites for hydroxylation is 1. The van der Waals surface area contributed by atoms with Crippen LogP contribution in [0.3, 0.4) is 0 Å². The zero-order valence-electron chi connectivity index (χ0n) is 11.2. The summed E-state index contributed by atoms with van der Waals surface area (Å²) < 4.78 is 4.83. The maximum absolute atomic E-state index is 11.8. The molecule has 0 radical (unpaired) electrons. The molecule has 1 amide bonds. The van der Waals surface area contributed by atoms with Crippen molar-refractivity contribution in [2.24, 2.45) is 0 Å². The molecule has 0 aliphatic carbocycles. The Labute approximate surface area is 121 Å². The van der Waals surface area contributed by atoms with E-state index in [4.69, 9.17) is 16.1 Å². The predicted molar refractivity (Wildman–Crippen MR) is 74.6 cm³/mol. The summed E-state index contributed by atoms with van der Waals surface area (Å²) in [4.78, 5) is 11.8. The maximum atomic E-state index is 11.8. The average molecular weight is 295 g/mol. The summed E-state index contributed by atoms with van der Waals surface area (Å²) >= 11 is 6.04. The molecule has 1 aromatic carbocycles. The number of aliphatic hydroxyl groups is 1. The van der Waals surface area contributed by atoms with E-state index in [0.29, 0.717) is 16.3 Å². The van der Waals surface area contributed by atoms with E-state index >= 15 is 0 Å². The van der Waals surface area contributed by atoms with Crippen LogP contribution in [0.5, 0.6) is 0 Å². The molecule has 0 saturated heterocycles. The quantitative estimate of drug-likeness (QED) is 0.907. The zero-order chi connectivity index (χ0) is 14.8. The highest BCUT2D eigenvalue weighted by Gasteiger charge is 2.26. The van der Waals surface area contributed by atoms with Crippen molar-refractivity contribution in [3.63, 3.8) is 0 Å². The topological polar surface area (TPSA) is 75.4 Å². The Balaban J connectivity index is 2.06. The van der Waals surface area contributed by atoms with Gasteiger partial charge < -0.3 is 14.9 Å². The molecule has 2 N–H and O–H groups in total. The standard InChI is InChI=1S/C14H15ClN2O3/c1-9-7-12(17-20-9)13(18)16-8-14(2,19)10-5-3-4-6-11(10)15/h3-7,19H,8H2,1-2H3,(H,16,18)/t14-/m0/s1. The second-order valence-corrected chi connectivity index (χ2v) is 5.17. The molecule has 1 heterocycles.